The number of nitrogens with one attached hydrogen (secondary N) is 1. The zero-order valence-corrected chi connectivity index (χ0v) is 11.5. The van der Waals surface area contributed by atoms with Crippen LogP contribution >= 0.6 is 0 Å². The SMILES string of the molecule is CCC(C)NC(=O)COc1cc(CO)ccc1[N+](=O)[O-]. The first kappa shape index (κ1) is 15.9. The minimum absolute atomic E-state index is 0.0184. The number of nitro benzene ring substituents is 1. The van der Waals surface area contributed by atoms with Gasteiger partial charge in [0.05, 0.1) is 11.5 Å². The van der Waals surface area contributed by atoms with Crippen LogP contribution in [0.5, 0.6) is 5.75 Å². The molecule has 1 aromatic rings. The molecule has 0 aliphatic rings. The number of rotatable bonds is 7. The molecule has 1 rings (SSSR count). The molecule has 0 aromatic heterocycles. The van der Waals surface area contributed by atoms with Gasteiger partial charge in [0.25, 0.3) is 5.91 Å². The minimum atomic E-state index is -0.594. The van der Waals surface area contributed by atoms with Crippen LogP contribution in [-0.4, -0.2) is 28.6 Å². The van der Waals surface area contributed by atoms with E-state index in [9.17, 15) is 14.9 Å². The molecule has 20 heavy (non-hydrogen) atoms. The van der Waals surface area contributed by atoms with E-state index in [-0.39, 0.29) is 36.6 Å². The monoisotopic (exact) mass is 282 g/mol. The van der Waals surface area contributed by atoms with Crippen LogP contribution in [0.25, 0.3) is 0 Å². The van der Waals surface area contributed by atoms with E-state index in [1.54, 1.807) is 0 Å². The van der Waals surface area contributed by atoms with E-state index in [4.69, 9.17) is 9.84 Å². The average molecular weight is 282 g/mol. The van der Waals surface area contributed by atoms with E-state index in [2.05, 4.69) is 5.32 Å². The van der Waals surface area contributed by atoms with Gasteiger partial charge in [0.15, 0.2) is 12.4 Å². The van der Waals surface area contributed by atoms with Crippen LogP contribution in [-0.2, 0) is 11.4 Å². The first-order valence-corrected chi connectivity index (χ1v) is 6.28. The number of carbonyl (C=O) groups is 1. The zero-order valence-electron chi connectivity index (χ0n) is 11.5. The molecule has 1 aromatic carbocycles. The molecule has 0 aliphatic carbocycles. The number of benzene rings is 1. The Morgan fingerprint density at radius 3 is 2.80 bits per heavy atom. The topological polar surface area (TPSA) is 102 Å². The van der Waals surface area contributed by atoms with E-state index in [0.717, 1.165) is 6.42 Å². The molecule has 7 heteroatoms. The quantitative estimate of drug-likeness (QED) is 0.581. The summed E-state index contributed by atoms with van der Waals surface area (Å²) in [5.41, 5.74) is 0.242. The van der Waals surface area contributed by atoms with E-state index >= 15 is 0 Å². The van der Waals surface area contributed by atoms with Gasteiger partial charge < -0.3 is 15.2 Å². The maximum atomic E-state index is 11.6. The van der Waals surface area contributed by atoms with Crippen LogP contribution in [0.4, 0.5) is 5.69 Å². The largest absolute Gasteiger partial charge is 0.477 e. The average Bonchev–Trinajstić information content (AvgIpc) is 2.44. The van der Waals surface area contributed by atoms with Crippen molar-refractivity contribution in [1.29, 1.82) is 0 Å². The van der Waals surface area contributed by atoms with Gasteiger partial charge in [-0.1, -0.05) is 6.92 Å². The number of amides is 1. The number of hydrogen-bond acceptors (Lipinski definition) is 5. The number of nitrogens with zero attached hydrogens (tertiary/aromatic N) is 1. The van der Waals surface area contributed by atoms with Crippen molar-refractivity contribution >= 4 is 11.6 Å². The molecule has 0 saturated heterocycles. The summed E-state index contributed by atoms with van der Waals surface area (Å²) in [5.74, 6) is -0.371. The molecule has 0 spiro atoms. The Balaban J connectivity index is 2.75. The number of hydrogen-bond donors (Lipinski definition) is 2. The maximum absolute atomic E-state index is 11.6. The number of ether oxygens (including phenoxy) is 1. The lowest BCUT2D eigenvalue weighted by atomic mass is 10.2. The molecule has 1 unspecified atom stereocenters. The van der Waals surface area contributed by atoms with Crippen LogP contribution in [0.3, 0.4) is 0 Å². The Morgan fingerprint density at radius 1 is 1.55 bits per heavy atom. The van der Waals surface area contributed by atoms with Crippen molar-refractivity contribution in [2.75, 3.05) is 6.61 Å². The summed E-state index contributed by atoms with van der Waals surface area (Å²) in [6, 6.07) is 4.05. The summed E-state index contributed by atoms with van der Waals surface area (Å²) >= 11 is 0. The molecule has 110 valence electrons. The number of carbonyl (C=O) groups excluding carboxylic acids is 1. The molecule has 0 saturated carbocycles. The van der Waals surface area contributed by atoms with Gasteiger partial charge in [-0.2, -0.15) is 0 Å². The van der Waals surface area contributed by atoms with Crippen molar-refractivity contribution < 1.29 is 19.6 Å². The van der Waals surface area contributed by atoms with Crippen LogP contribution in [0.1, 0.15) is 25.8 Å². The van der Waals surface area contributed by atoms with Crippen LogP contribution in [0.2, 0.25) is 0 Å². The summed E-state index contributed by atoms with van der Waals surface area (Å²) in [7, 11) is 0. The van der Waals surface area contributed by atoms with Crippen molar-refractivity contribution in [3.8, 4) is 5.75 Å². The molecule has 0 bridgehead atoms. The fourth-order valence-electron chi connectivity index (χ4n) is 1.49. The van der Waals surface area contributed by atoms with Gasteiger partial charge in [0, 0.05) is 12.1 Å². The molecule has 1 amide bonds. The van der Waals surface area contributed by atoms with E-state index < -0.39 is 4.92 Å². The zero-order chi connectivity index (χ0) is 15.1. The summed E-state index contributed by atoms with van der Waals surface area (Å²) in [4.78, 5) is 21.8. The first-order valence-electron chi connectivity index (χ1n) is 6.28. The van der Waals surface area contributed by atoms with Gasteiger partial charge in [0.1, 0.15) is 0 Å². The Kier molecular flexibility index (Phi) is 5.92. The molecular formula is C13H18N2O5. The van der Waals surface area contributed by atoms with Crippen molar-refractivity contribution in [3.05, 3.63) is 33.9 Å². The van der Waals surface area contributed by atoms with E-state index in [1.165, 1.54) is 18.2 Å². The summed E-state index contributed by atoms with van der Waals surface area (Å²) < 4.78 is 5.18. The molecule has 0 heterocycles. The van der Waals surface area contributed by atoms with Crippen molar-refractivity contribution in [1.82, 2.24) is 5.32 Å². The molecule has 2 N–H and O–H groups in total. The van der Waals surface area contributed by atoms with Gasteiger partial charge in [-0.05, 0) is 31.0 Å². The Morgan fingerprint density at radius 2 is 2.25 bits per heavy atom. The predicted octanol–water partition coefficient (Wildman–Crippen LogP) is 1.38. The standard InChI is InChI=1S/C13H18N2O5/c1-3-9(2)14-13(17)8-20-12-6-10(7-16)4-5-11(12)15(18)19/h4-6,9,16H,3,7-8H2,1-2H3,(H,14,17). The van der Waals surface area contributed by atoms with Gasteiger partial charge in [-0.25, -0.2) is 0 Å². The van der Waals surface area contributed by atoms with Crippen molar-refractivity contribution in [2.45, 2.75) is 32.9 Å². The Hall–Kier alpha value is -2.15. The minimum Gasteiger partial charge on any atom is -0.477 e. The van der Waals surface area contributed by atoms with Gasteiger partial charge in [0.2, 0.25) is 0 Å². The fraction of sp³-hybridized carbons (Fsp3) is 0.462. The fourth-order valence-corrected chi connectivity index (χ4v) is 1.49. The highest BCUT2D eigenvalue weighted by atomic mass is 16.6. The first-order chi connectivity index (χ1) is 9.47. The smallest absolute Gasteiger partial charge is 0.310 e. The van der Waals surface area contributed by atoms with E-state index in [1.807, 2.05) is 13.8 Å². The van der Waals surface area contributed by atoms with E-state index in [0.29, 0.717) is 5.56 Å². The van der Waals surface area contributed by atoms with Gasteiger partial charge in [-0.15, -0.1) is 0 Å². The molecular weight excluding hydrogens is 264 g/mol. The summed E-state index contributed by atoms with van der Waals surface area (Å²) in [5, 5.41) is 22.6. The highest BCUT2D eigenvalue weighted by Crippen LogP contribution is 2.27. The summed E-state index contributed by atoms with van der Waals surface area (Å²) in [6.45, 7) is 3.22. The number of aliphatic hydroxyl groups is 1. The van der Waals surface area contributed by atoms with Crippen molar-refractivity contribution in [3.63, 3.8) is 0 Å². The molecule has 7 nitrogen and oxygen atoms in total. The molecule has 0 radical (unpaired) electrons. The lowest BCUT2D eigenvalue weighted by Gasteiger charge is -2.12. The second-order valence-electron chi connectivity index (χ2n) is 4.38. The molecule has 1 atom stereocenters. The third kappa shape index (κ3) is 4.51. The van der Waals surface area contributed by atoms with Gasteiger partial charge in [-0.3, -0.25) is 14.9 Å². The lowest BCUT2D eigenvalue weighted by molar-refractivity contribution is -0.385. The van der Waals surface area contributed by atoms with Crippen LogP contribution < -0.4 is 10.1 Å². The highest BCUT2D eigenvalue weighted by molar-refractivity contribution is 5.78. The third-order valence-corrected chi connectivity index (χ3v) is 2.78. The summed E-state index contributed by atoms with van der Waals surface area (Å²) in [6.07, 6.45) is 0.784. The van der Waals surface area contributed by atoms with Gasteiger partial charge >= 0.3 is 5.69 Å². The normalized spacial score (nSPS) is 11.8. The van der Waals surface area contributed by atoms with Crippen LogP contribution in [0, 0.1) is 10.1 Å². The lowest BCUT2D eigenvalue weighted by Crippen LogP contribution is -2.35. The third-order valence-electron chi connectivity index (χ3n) is 2.78. The number of aliphatic hydroxyl groups excluding tert-OH is 1. The molecule has 0 fully saturated rings. The number of nitro groups is 1. The van der Waals surface area contributed by atoms with Crippen LogP contribution in [0.15, 0.2) is 18.2 Å². The molecule has 0 aliphatic heterocycles. The Labute approximate surface area is 116 Å². The highest BCUT2D eigenvalue weighted by Gasteiger charge is 2.17. The second kappa shape index (κ2) is 7.44. The maximum Gasteiger partial charge on any atom is 0.310 e. The predicted molar refractivity (Wildman–Crippen MR) is 72.4 cm³/mol. The Bertz CT molecular complexity index is 490. The second-order valence-corrected chi connectivity index (χ2v) is 4.38. The van der Waals surface area contributed by atoms with Crippen molar-refractivity contribution in [2.24, 2.45) is 0 Å².